The van der Waals surface area contributed by atoms with Gasteiger partial charge in [0.2, 0.25) is 5.91 Å². The van der Waals surface area contributed by atoms with Gasteiger partial charge in [-0.2, -0.15) is 0 Å². The smallest absolute Gasteiger partial charge is 0.220 e. The van der Waals surface area contributed by atoms with E-state index in [9.17, 15) is 4.79 Å². The lowest BCUT2D eigenvalue weighted by Crippen LogP contribution is -2.27. The Morgan fingerprint density at radius 3 is 2.79 bits per heavy atom. The number of hydrogen-bond acceptors (Lipinski definition) is 3. The molecule has 0 spiro atoms. The number of carbonyl (C=O) groups is 1. The minimum atomic E-state index is 0.0718. The average molecular weight is 264 g/mol. The largest absolute Gasteiger partial charge is 0.496 e. The van der Waals surface area contributed by atoms with Gasteiger partial charge in [-0.05, 0) is 43.9 Å². The zero-order valence-electron chi connectivity index (χ0n) is 12.0. The molecule has 0 aliphatic carbocycles. The number of hydrogen-bond donors (Lipinski definition) is 2. The molecule has 1 aromatic rings. The third kappa shape index (κ3) is 5.75. The highest BCUT2D eigenvalue weighted by Gasteiger charge is 2.04. The summed E-state index contributed by atoms with van der Waals surface area (Å²) in [6.45, 7) is 4.58. The molecule has 3 N–H and O–H groups in total. The summed E-state index contributed by atoms with van der Waals surface area (Å²) >= 11 is 0. The summed E-state index contributed by atoms with van der Waals surface area (Å²) in [6, 6.07) is 6.16. The number of nitrogens with one attached hydrogen (secondary N) is 1. The monoisotopic (exact) mass is 264 g/mol. The third-order valence-corrected chi connectivity index (χ3v) is 3.02. The molecule has 0 aromatic heterocycles. The van der Waals surface area contributed by atoms with Crippen LogP contribution in [0.4, 0.5) is 0 Å². The lowest BCUT2D eigenvalue weighted by atomic mass is 10.1. The predicted octanol–water partition coefficient (Wildman–Crippen LogP) is 1.79. The maximum Gasteiger partial charge on any atom is 0.220 e. The Labute approximate surface area is 115 Å². The molecule has 0 saturated heterocycles. The number of methoxy groups -OCH3 is 1. The van der Waals surface area contributed by atoms with Crippen LogP contribution in [0.2, 0.25) is 0 Å². The highest BCUT2D eigenvalue weighted by Crippen LogP contribution is 2.18. The molecule has 1 unspecified atom stereocenters. The molecular weight excluding hydrogens is 240 g/mol. The van der Waals surface area contributed by atoms with Crippen LogP contribution in [0.15, 0.2) is 18.2 Å². The van der Waals surface area contributed by atoms with Crippen molar-refractivity contribution in [3.8, 4) is 5.75 Å². The van der Waals surface area contributed by atoms with E-state index in [4.69, 9.17) is 10.5 Å². The molecule has 4 heteroatoms. The first-order valence-electron chi connectivity index (χ1n) is 6.68. The van der Waals surface area contributed by atoms with Crippen molar-refractivity contribution in [3.63, 3.8) is 0 Å². The Balaban J connectivity index is 2.33. The van der Waals surface area contributed by atoms with Crippen LogP contribution in [0.25, 0.3) is 0 Å². The molecule has 1 amide bonds. The molecule has 0 fully saturated rings. The number of carbonyl (C=O) groups excluding carboxylic acids is 1. The predicted molar refractivity (Wildman–Crippen MR) is 77.3 cm³/mol. The topological polar surface area (TPSA) is 64.3 Å². The van der Waals surface area contributed by atoms with E-state index in [0.717, 1.165) is 24.2 Å². The summed E-state index contributed by atoms with van der Waals surface area (Å²) in [5, 5.41) is 2.91. The van der Waals surface area contributed by atoms with E-state index in [1.807, 2.05) is 26.0 Å². The summed E-state index contributed by atoms with van der Waals surface area (Å²) in [5.74, 6) is 0.965. The maximum absolute atomic E-state index is 11.5. The average Bonchev–Trinajstić information content (AvgIpc) is 2.36. The van der Waals surface area contributed by atoms with Crippen LogP contribution in [-0.4, -0.2) is 25.6 Å². The molecule has 19 heavy (non-hydrogen) atoms. The minimum Gasteiger partial charge on any atom is -0.496 e. The van der Waals surface area contributed by atoms with Crippen LogP contribution < -0.4 is 15.8 Å². The summed E-state index contributed by atoms with van der Waals surface area (Å²) in [7, 11) is 1.67. The first kappa shape index (κ1) is 15.5. The second kappa shape index (κ2) is 7.79. The Kier molecular flexibility index (Phi) is 6.36. The van der Waals surface area contributed by atoms with Gasteiger partial charge < -0.3 is 15.8 Å². The molecule has 1 aromatic carbocycles. The number of aryl methyl sites for hydroxylation is 1. The van der Waals surface area contributed by atoms with Crippen LogP contribution in [0.3, 0.4) is 0 Å². The Bertz CT molecular complexity index is 417. The number of amides is 1. The van der Waals surface area contributed by atoms with E-state index < -0.39 is 0 Å². The SMILES string of the molecule is COc1ccc(CCNC(=O)CCC(C)N)cc1C. The molecule has 106 valence electrons. The first-order chi connectivity index (χ1) is 9.02. The van der Waals surface area contributed by atoms with Gasteiger partial charge in [0, 0.05) is 19.0 Å². The number of ether oxygens (including phenoxy) is 1. The molecule has 0 saturated carbocycles. The van der Waals surface area contributed by atoms with Gasteiger partial charge in [0.25, 0.3) is 0 Å². The fourth-order valence-corrected chi connectivity index (χ4v) is 1.89. The van der Waals surface area contributed by atoms with Crippen LogP contribution in [0.1, 0.15) is 30.9 Å². The summed E-state index contributed by atoms with van der Waals surface area (Å²) < 4.78 is 5.22. The summed E-state index contributed by atoms with van der Waals surface area (Å²) in [6.07, 6.45) is 2.06. The maximum atomic E-state index is 11.5. The summed E-state index contributed by atoms with van der Waals surface area (Å²) in [5.41, 5.74) is 7.93. The fraction of sp³-hybridized carbons (Fsp3) is 0.533. The van der Waals surface area contributed by atoms with Crippen molar-refractivity contribution in [2.45, 2.75) is 39.2 Å². The second-order valence-corrected chi connectivity index (χ2v) is 4.92. The van der Waals surface area contributed by atoms with Crippen molar-refractivity contribution in [2.75, 3.05) is 13.7 Å². The highest BCUT2D eigenvalue weighted by molar-refractivity contribution is 5.75. The van der Waals surface area contributed by atoms with E-state index in [2.05, 4.69) is 11.4 Å². The Morgan fingerprint density at radius 1 is 1.47 bits per heavy atom. The van der Waals surface area contributed by atoms with Gasteiger partial charge in [-0.15, -0.1) is 0 Å². The van der Waals surface area contributed by atoms with Gasteiger partial charge in [0.15, 0.2) is 0 Å². The molecule has 1 rings (SSSR count). The van der Waals surface area contributed by atoms with E-state index in [0.29, 0.717) is 13.0 Å². The molecule has 4 nitrogen and oxygen atoms in total. The second-order valence-electron chi connectivity index (χ2n) is 4.92. The number of nitrogens with two attached hydrogens (primary N) is 1. The van der Waals surface area contributed by atoms with Crippen LogP contribution >= 0.6 is 0 Å². The fourth-order valence-electron chi connectivity index (χ4n) is 1.89. The van der Waals surface area contributed by atoms with Crippen LogP contribution in [0, 0.1) is 6.92 Å². The molecular formula is C15H24N2O2. The Morgan fingerprint density at radius 2 is 2.21 bits per heavy atom. The van der Waals surface area contributed by atoms with Gasteiger partial charge in [0.05, 0.1) is 7.11 Å². The van der Waals surface area contributed by atoms with Crippen molar-refractivity contribution in [1.29, 1.82) is 0 Å². The van der Waals surface area contributed by atoms with Crippen molar-refractivity contribution >= 4 is 5.91 Å². The van der Waals surface area contributed by atoms with Crippen molar-refractivity contribution < 1.29 is 9.53 Å². The van der Waals surface area contributed by atoms with Gasteiger partial charge >= 0.3 is 0 Å². The van der Waals surface area contributed by atoms with E-state index in [-0.39, 0.29) is 11.9 Å². The lowest BCUT2D eigenvalue weighted by molar-refractivity contribution is -0.121. The van der Waals surface area contributed by atoms with E-state index in [1.54, 1.807) is 7.11 Å². The summed E-state index contributed by atoms with van der Waals surface area (Å²) in [4.78, 5) is 11.5. The first-order valence-corrected chi connectivity index (χ1v) is 6.68. The van der Waals surface area contributed by atoms with Crippen molar-refractivity contribution in [2.24, 2.45) is 5.73 Å². The van der Waals surface area contributed by atoms with E-state index in [1.165, 1.54) is 5.56 Å². The normalized spacial score (nSPS) is 12.0. The number of benzene rings is 1. The molecule has 1 atom stereocenters. The van der Waals surface area contributed by atoms with E-state index >= 15 is 0 Å². The molecule has 0 heterocycles. The van der Waals surface area contributed by atoms with Gasteiger partial charge in [0.1, 0.15) is 5.75 Å². The number of rotatable bonds is 7. The van der Waals surface area contributed by atoms with Crippen molar-refractivity contribution in [1.82, 2.24) is 5.32 Å². The standard InChI is InChI=1S/C15H24N2O2/c1-11-10-13(5-6-14(11)19-3)8-9-17-15(18)7-4-12(2)16/h5-6,10,12H,4,7-9,16H2,1-3H3,(H,17,18). The van der Waals surface area contributed by atoms with Gasteiger partial charge in [-0.1, -0.05) is 12.1 Å². The third-order valence-electron chi connectivity index (χ3n) is 3.02. The van der Waals surface area contributed by atoms with Gasteiger partial charge in [-0.25, -0.2) is 0 Å². The Hall–Kier alpha value is -1.55. The highest BCUT2D eigenvalue weighted by atomic mass is 16.5. The quantitative estimate of drug-likeness (QED) is 0.789. The lowest BCUT2D eigenvalue weighted by Gasteiger charge is -2.09. The van der Waals surface area contributed by atoms with Crippen LogP contribution in [-0.2, 0) is 11.2 Å². The molecule has 0 aliphatic rings. The molecule has 0 aliphatic heterocycles. The molecule has 0 bridgehead atoms. The van der Waals surface area contributed by atoms with Gasteiger partial charge in [-0.3, -0.25) is 4.79 Å². The van der Waals surface area contributed by atoms with Crippen molar-refractivity contribution in [3.05, 3.63) is 29.3 Å². The molecule has 0 radical (unpaired) electrons. The zero-order valence-corrected chi connectivity index (χ0v) is 12.0. The zero-order chi connectivity index (χ0) is 14.3. The minimum absolute atomic E-state index is 0.0718. The van der Waals surface area contributed by atoms with Crippen LogP contribution in [0.5, 0.6) is 5.75 Å².